The van der Waals surface area contributed by atoms with E-state index in [4.69, 9.17) is 23.2 Å². The Kier molecular flexibility index (Phi) is 4.47. The van der Waals surface area contributed by atoms with Crippen LogP contribution in [0.1, 0.15) is 0 Å². The predicted octanol–water partition coefficient (Wildman–Crippen LogP) is 5.77. The van der Waals surface area contributed by atoms with E-state index in [1.54, 1.807) is 30.3 Å². The molecule has 3 aromatic rings. The maximum absolute atomic E-state index is 10.7. The standard InChI is InChI=1S/C15H9Cl2N3O2S/c16-12-6-3-10(7-13(12)17)18-15-19-14(8-23-15)9-1-4-11(5-2-9)20(21)22/h1-8H,(H,18,19). The fourth-order valence-electron chi connectivity index (χ4n) is 1.92. The fraction of sp³-hybridized carbons (Fsp3) is 0. The molecule has 0 unspecified atom stereocenters. The minimum absolute atomic E-state index is 0.0538. The zero-order valence-corrected chi connectivity index (χ0v) is 13.8. The number of anilines is 2. The van der Waals surface area contributed by atoms with Crippen LogP contribution >= 0.6 is 34.5 Å². The van der Waals surface area contributed by atoms with E-state index < -0.39 is 4.92 Å². The predicted molar refractivity (Wildman–Crippen MR) is 93.9 cm³/mol. The van der Waals surface area contributed by atoms with Crippen molar-refractivity contribution in [1.82, 2.24) is 4.98 Å². The van der Waals surface area contributed by atoms with Gasteiger partial charge >= 0.3 is 0 Å². The molecule has 0 spiro atoms. The van der Waals surface area contributed by atoms with Gasteiger partial charge in [-0.05, 0) is 30.3 Å². The third-order valence-corrected chi connectivity index (χ3v) is 4.55. The molecule has 0 fully saturated rings. The summed E-state index contributed by atoms with van der Waals surface area (Å²) in [4.78, 5) is 14.7. The number of hydrogen-bond donors (Lipinski definition) is 1. The molecule has 2 aromatic carbocycles. The van der Waals surface area contributed by atoms with Crippen molar-refractivity contribution in [1.29, 1.82) is 0 Å². The third-order valence-electron chi connectivity index (χ3n) is 3.05. The number of non-ortho nitro benzene ring substituents is 1. The number of nitrogens with zero attached hydrogens (tertiary/aromatic N) is 2. The summed E-state index contributed by atoms with van der Waals surface area (Å²) in [5.41, 5.74) is 2.39. The van der Waals surface area contributed by atoms with Crippen LogP contribution in [0.5, 0.6) is 0 Å². The van der Waals surface area contributed by atoms with Gasteiger partial charge in [-0.1, -0.05) is 23.2 Å². The topological polar surface area (TPSA) is 68.1 Å². The Morgan fingerprint density at radius 1 is 1.09 bits per heavy atom. The van der Waals surface area contributed by atoms with Crippen molar-refractivity contribution in [3.63, 3.8) is 0 Å². The average molecular weight is 366 g/mol. The first-order valence-electron chi connectivity index (χ1n) is 6.45. The van der Waals surface area contributed by atoms with Crippen LogP contribution in [0, 0.1) is 10.1 Å². The van der Waals surface area contributed by atoms with Gasteiger partial charge in [0, 0.05) is 28.8 Å². The molecule has 8 heteroatoms. The Hall–Kier alpha value is -2.15. The first-order chi connectivity index (χ1) is 11.0. The Bertz CT molecular complexity index is 865. The molecule has 0 amide bonds. The molecule has 116 valence electrons. The molecule has 3 rings (SSSR count). The van der Waals surface area contributed by atoms with E-state index in [2.05, 4.69) is 10.3 Å². The SMILES string of the molecule is O=[N+]([O-])c1ccc(-c2csc(Nc3ccc(Cl)c(Cl)c3)n2)cc1. The van der Waals surface area contributed by atoms with E-state index in [-0.39, 0.29) is 5.69 Å². The van der Waals surface area contributed by atoms with Gasteiger partial charge in [0.15, 0.2) is 5.13 Å². The van der Waals surface area contributed by atoms with Crippen molar-refractivity contribution in [3.05, 3.63) is 68.0 Å². The van der Waals surface area contributed by atoms with Gasteiger partial charge in [0.25, 0.3) is 5.69 Å². The first kappa shape index (κ1) is 15.7. The number of nitro benzene ring substituents is 1. The summed E-state index contributed by atoms with van der Waals surface area (Å²) in [6, 6.07) is 11.5. The van der Waals surface area contributed by atoms with Gasteiger partial charge in [0.05, 0.1) is 20.7 Å². The van der Waals surface area contributed by atoms with E-state index in [1.165, 1.54) is 23.5 Å². The minimum atomic E-state index is -0.428. The highest BCUT2D eigenvalue weighted by Crippen LogP contribution is 2.30. The van der Waals surface area contributed by atoms with Crippen LogP contribution in [0.3, 0.4) is 0 Å². The number of benzene rings is 2. The second-order valence-corrected chi connectivity index (χ2v) is 6.27. The molecule has 0 aliphatic heterocycles. The highest BCUT2D eigenvalue weighted by atomic mass is 35.5. The average Bonchev–Trinajstić information content (AvgIpc) is 2.99. The Labute approximate surface area is 145 Å². The zero-order chi connectivity index (χ0) is 16.4. The summed E-state index contributed by atoms with van der Waals surface area (Å²) in [7, 11) is 0. The lowest BCUT2D eigenvalue weighted by atomic mass is 10.1. The maximum Gasteiger partial charge on any atom is 0.269 e. The van der Waals surface area contributed by atoms with Crippen LogP contribution in [-0.2, 0) is 0 Å². The molecule has 5 nitrogen and oxygen atoms in total. The van der Waals surface area contributed by atoms with Gasteiger partial charge in [-0.15, -0.1) is 11.3 Å². The summed E-state index contributed by atoms with van der Waals surface area (Å²) in [5, 5.41) is 17.3. The smallest absolute Gasteiger partial charge is 0.269 e. The molecule has 1 N–H and O–H groups in total. The van der Waals surface area contributed by atoms with E-state index >= 15 is 0 Å². The van der Waals surface area contributed by atoms with Gasteiger partial charge in [-0.2, -0.15) is 0 Å². The van der Waals surface area contributed by atoms with E-state index in [1.807, 2.05) is 5.38 Å². The molecule has 0 aliphatic rings. The van der Waals surface area contributed by atoms with Crippen molar-refractivity contribution < 1.29 is 4.92 Å². The van der Waals surface area contributed by atoms with Gasteiger partial charge in [0.1, 0.15) is 0 Å². The zero-order valence-electron chi connectivity index (χ0n) is 11.5. The van der Waals surface area contributed by atoms with Crippen molar-refractivity contribution in [2.45, 2.75) is 0 Å². The third kappa shape index (κ3) is 3.61. The van der Waals surface area contributed by atoms with Crippen LogP contribution < -0.4 is 5.32 Å². The fourth-order valence-corrected chi connectivity index (χ4v) is 2.95. The van der Waals surface area contributed by atoms with E-state index in [0.29, 0.717) is 15.2 Å². The summed E-state index contributed by atoms with van der Waals surface area (Å²) in [5.74, 6) is 0. The molecule has 0 aliphatic carbocycles. The van der Waals surface area contributed by atoms with Gasteiger partial charge in [-0.25, -0.2) is 4.98 Å². The molecule has 23 heavy (non-hydrogen) atoms. The van der Waals surface area contributed by atoms with E-state index in [0.717, 1.165) is 16.9 Å². The number of aromatic nitrogens is 1. The molecule has 1 heterocycles. The van der Waals surface area contributed by atoms with Crippen LogP contribution in [0.2, 0.25) is 10.0 Å². The number of nitrogens with one attached hydrogen (secondary N) is 1. The number of halogens is 2. The van der Waals surface area contributed by atoms with E-state index in [9.17, 15) is 10.1 Å². The lowest BCUT2D eigenvalue weighted by molar-refractivity contribution is -0.384. The summed E-state index contributed by atoms with van der Waals surface area (Å²) in [6.07, 6.45) is 0. The molecule has 1 aromatic heterocycles. The van der Waals surface area contributed by atoms with Crippen LogP contribution in [0.4, 0.5) is 16.5 Å². The summed E-state index contributed by atoms with van der Waals surface area (Å²) in [6.45, 7) is 0. The van der Waals surface area contributed by atoms with Gasteiger partial charge in [-0.3, -0.25) is 10.1 Å². The molecule has 0 saturated heterocycles. The molecule has 0 bridgehead atoms. The van der Waals surface area contributed by atoms with Crippen molar-refractivity contribution in [3.8, 4) is 11.3 Å². The van der Waals surface area contributed by atoms with Crippen molar-refractivity contribution >= 4 is 51.0 Å². The highest BCUT2D eigenvalue weighted by Gasteiger charge is 2.09. The normalized spacial score (nSPS) is 10.5. The monoisotopic (exact) mass is 365 g/mol. The van der Waals surface area contributed by atoms with Crippen LogP contribution in [0.15, 0.2) is 47.8 Å². The molecular formula is C15H9Cl2N3O2S. The van der Waals surface area contributed by atoms with Crippen molar-refractivity contribution in [2.24, 2.45) is 0 Å². The van der Waals surface area contributed by atoms with Gasteiger partial charge in [0.2, 0.25) is 0 Å². The second-order valence-electron chi connectivity index (χ2n) is 4.60. The Morgan fingerprint density at radius 2 is 1.83 bits per heavy atom. The number of hydrogen-bond acceptors (Lipinski definition) is 5. The van der Waals surface area contributed by atoms with Gasteiger partial charge < -0.3 is 5.32 Å². The minimum Gasteiger partial charge on any atom is -0.331 e. The molecule has 0 saturated carbocycles. The number of nitro groups is 1. The maximum atomic E-state index is 10.7. The largest absolute Gasteiger partial charge is 0.331 e. The summed E-state index contributed by atoms with van der Waals surface area (Å²) < 4.78 is 0. The Morgan fingerprint density at radius 3 is 2.48 bits per heavy atom. The van der Waals surface area contributed by atoms with Crippen LogP contribution in [-0.4, -0.2) is 9.91 Å². The quantitative estimate of drug-likeness (QED) is 0.470. The Balaban J connectivity index is 1.79. The second kappa shape index (κ2) is 6.54. The molecule has 0 radical (unpaired) electrons. The first-order valence-corrected chi connectivity index (χ1v) is 8.09. The van der Waals surface area contributed by atoms with Crippen molar-refractivity contribution in [2.75, 3.05) is 5.32 Å². The molecule has 0 atom stereocenters. The highest BCUT2D eigenvalue weighted by molar-refractivity contribution is 7.14. The lowest BCUT2D eigenvalue weighted by Gasteiger charge is -2.03. The lowest BCUT2D eigenvalue weighted by Crippen LogP contribution is -1.90. The number of rotatable bonds is 4. The van der Waals surface area contributed by atoms with Crippen LogP contribution in [0.25, 0.3) is 11.3 Å². The molecular weight excluding hydrogens is 357 g/mol. The number of thiazole rings is 1. The summed E-state index contributed by atoms with van der Waals surface area (Å²) >= 11 is 13.3.